The second kappa shape index (κ2) is 7.57. The van der Waals surface area contributed by atoms with Gasteiger partial charge >= 0.3 is 6.03 Å². The smallest absolute Gasteiger partial charge is 0.383 e. The van der Waals surface area contributed by atoms with Crippen LogP contribution in [0.3, 0.4) is 0 Å². The molecule has 0 bridgehead atoms. The van der Waals surface area contributed by atoms with Gasteiger partial charge in [0.1, 0.15) is 17.8 Å². The van der Waals surface area contributed by atoms with Crippen LogP contribution in [-0.2, 0) is 9.53 Å². The summed E-state index contributed by atoms with van der Waals surface area (Å²) in [5, 5.41) is 0. The van der Waals surface area contributed by atoms with Crippen LogP contribution in [0.15, 0.2) is 17.3 Å². The van der Waals surface area contributed by atoms with Crippen molar-refractivity contribution in [1.82, 2.24) is 0 Å². The number of Topliss-reactive ketones (excluding diaryl/α,β-unsaturated/α-hetero) is 1. The molecule has 6 heteroatoms. The summed E-state index contributed by atoms with van der Waals surface area (Å²) in [5.41, 5.74) is 5.57. The highest BCUT2D eigenvalue weighted by Gasteiger charge is 2.45. The molecule has 24 heavy (non-hydrogen) atoms. The van der Waals surface area contributed by atoms with Crippen LogP contribution in [0, 0.1) is 11.8 Å². The van der Waals surface area contributed by atoms with Gasteiger partial charge in [-0.25, -0.2) is 4.79 Å². The van der Waals surface area contributed by atoms with E-state index < -0.39 is 0 Å². The second-order valence-electron chi connectivity index (χ2n) is 7.34. The first-order valence-electron chi connectivity index (χ1n) is 8.90. The Balaban J connectivity index is 1.89. The van der Waals surface area contributed by atoms with Crippen LogP contribution in [0.25, 0.3) is 0 Å². The van der Waals surface area contributed by atoms with Gasteiger partial charge in [0.25, 0.3) is 0 Å². The maximum absolute atomic E-state index is 12.4. The Morgan fingerprint density at radius 2 is 2.17 bits per heavy atom. The summed E-state index contributed by atoms with van der Waals surface area (Å²) in [6.45, 7) is 6.26. The number of ether oxygens (including phenoxy) is 1. The minimum Gasteiger partial charge on any atom is -0.383 e. The lowest BCUT2D eigenvalue weighted by atomic mass is 9.87. The highest BCUT2D eigenvalue weighted by molar-refractivity contribution is 5.99. The fourth-order valence-electron chi connectivity index (χ4n) is 3.62. The molecule has 0 aromatic carbocycles. The molecule has 6 nitrogen and oxygen atoms in total. The Labute approximate surface area is 144 Å². The summed E-state index contributed by atoms with van der Waals surface area (Å²) in [7, 11) is 1.79. The Morgan fingerprint density at radius 1 is 1.46 bits per heavy atom. The summed E-state index contributed by atoms with van der Waals surface area (Å²) >= 11 is 0. The van der Waals surface area contributed by atoms with Gasteiger partial charge in [-0.1, -0.05) is 20.8 Å². The topological polar surface area (TPSA) is 81.8 Å². The van der Waals surface area contributed by atoms with Gasteiger partial charge in [0.05, 0.1) is 13.2 Å². The first-order chi connectivity index (χ1) is 11.3. The van der Waals surface area contributed by atoms with Crippen molar-refractivity contribution < 1.29 is 18.8 Å². The largest absolute Gasteiger partial charge is 0.451 e. The normalized spacial score (nSPS) is 31.4. The highest BCUT2D eigenvalue weighted by Crippen LogP contribution is 2.32. The zero-order valence-electron chi connectivity index (χ0n) is 15.2. The predicted octanol–water partition coefficient (Wildman–Crippen LogP) is 2.97. The fourth-order valence-corrected chi connectivity index (χ4v) is 3.62. The van der Waals surface area contributed by atoms with Crippen LogP contribution in [0.5, 0.6) is 0 Å². The lowest BCUT2D eigenvalue weighted by Gasteiger charge is -2.32. The fraction of sp³-hybridized carbons (Fsp3) is 0.722. The van der Waals surface area contributed by atoms with E-state index in [0.29, 0.717) is 18.1 Å². The number of nitrogens with two attached hydrogens (primary N) is 1. The van der Waals surface area contributed by atoms with Crippen molar-refractivity contribution in [2.24, 2.45) is 22.6 Å². The number of urea groups is 1. The van der Waals surface area contributed by atoms with Gasteiger partial charge in [0.15, 0.2) is 0 Å². The van der Waals surface area contributed by atoms with E-state index in [2.05, 4.69) is 25.8 Å². The van der Waals surface area contributed by atoms with Crippen molar-refractivity contribution in [1.29, 1.82) is 0 Å². The molecule has 0 spiro atoms. The number of nitrogens with zero attached hydrogens (tertiary/aromatic N) is 2. The third-order valence-electron chi connectivity index (χ3n) is 5.25. The molecule has 2 aliphatic rings. The molecule has 2 rings (SSSR count). The van der Waals surface area contributed by atoms with Crippen molar-refractivity contribution >= 4 is 17.6 Å². The molecule has 0 aromatic rings. The standard InChI is InChI=1S/C18H29N3O3/c1-5-14(12(2)3)15(22)8-6-13-7-9-17(24-13)21(4)11-10-16(19)20-18(21)23/h10-14,17H,5-9H2,1-4H3,(H-,19,20,23)/p+1. The molecule has 4 atom stereocenters. The molecule has 2 N–H and O–H groups in total. The van der Waals surface area contributed by atoms with Crippen molar-refractivity contribution in [2.75, 3.05) is 7.05 Å². The number of carbonyl (C=O) groups excluding carboxylic acids is 2. The zero-order chi connectivity index (χ0) is 17.9. The van der Waals surface area contributed by atoms with E-state index in [1.54, 1.807) is 19.3 Å². The average molecular weight is 336 g/mol. The number of hydrogen-bond acceptors (Lipinski definition) is 4. The minimum atomic E-state index is -0.303. The molecule has 2 aliphatic heterocycles. The lowest BCUT2D eigenvalue weighted by molar-refractivity contribution is -0.830. The number of amidine groups is 1. The van der Waals surface area contributed by atoms with Gasteiger partial charge in [-0.3, -0.25) is 4.79 Å². The van der Waals surface area contributed by atoms with Gasteiger partial charge in [-0.05, 0) is 25.2 Å². The van der Waals surface area contributed by atoms with Crippen molar-refractivity contribution in [3.8, 4) is 0 Å². The van der Waals surface area contributed by atoms with Crippen LogP contribution in [0.4, 0.5) is 4.79 Å². The van der Waals surface area contributed by atoms with Gasteiger partial charge in [0.2, 0.25) is 6.23 Å². The maximum atomic E-state index is 12.4. The Kier molecular flexibility index (Phi) is 5.93. The van der Waals surface area contributed by atoms with E-state index in [9.17, 15) is 9.59 Å². The SMILES string of the molecule is CCC(C(=O)CCC1CCC([N+]2(C)C=CC(N)=NC2=O)O1)C(C)C. The van der Waals surface area contributed by atoms with Gasteiger partial charge in [-0.15, -0.1) is 4.99 Å². The van der Waals surface area contributed by atoms with E-state index >= 15 is 0 Å². The summed E-state index contributed by atoms with van der Waals surface area (Å²) in [6.07, 6.45) is 6.98. The van der Waals surface area contributed by atoms with E-state index in [-0.39, 0.29) is 34.6 Å². The van der Waals surface area contributed by atoms with E-state index in [4.69, 9.17) is 10.5 Å². The monoisotopic (exact) mass is 336 g/mol. The highest BCUT2D eigenvalue weighted by atomic mass is 16.5. The molecule has 0 aliphatic carbocycles. The first kappa shape index (κ1) is 18.8. The minimum absolute atomic E-state index is 0.00523. The average Bonchev–Trinajstić information content (AvgIpc) is 2.99. The van der Waals surface area contributed by atoms with Crippen molar-refractivity contribution in [3.63, 3.8) is 0 Å². The molecule has 2 amide bonds. The van der Waals surface area contributed by atoms with Crippen molar-refractivity contribution in [2.45, 2.75) is 65.2 Å². The summed E-state index contributed by atoms with van der Waals surface area (Å²) in [6, 6.07) is -0.303. The third-order valence-corrected chi connectivity index (χ3v) is 5.25. The van der Waals surface area contributed by atoms with Crippen LogP contribution in [-0.4, -0.2) is 41.5 Å². The Hall–Kier alpha value is -1.53. The van der Waals surface area contributed by atoms with Gasteiger partial charge in [0, 0.05) is 24.8 Å². The number of quaternary nitrogens is 1. The van der Waals surface area contributed by atoms with Crippen LogP contribution < -0.4 is 5.73 Å². The number of hydrogen-bond donors (Lipinski definition) is 1. The summed E-state index contributed by atoms with van der Waals surface area (Å²) in [5.74, 6) is 1.07. The Morgan fingerprint density at radius 3 is 2.75 bits per heavy atom. The van der Waals surface area contributed by atoms with Crippen LogP contribution in [0.1, 0.15) is 52.9 Å². The summed E-state index contributed by atoms with van der Waals surface area (Å²) < 4.78 is 6.07. The number of carbonyl (C=O) groups is 2. The molecule has 0 radical (unpaired) electrons. The van der Waals surface area contributed by atoms with E-state index in [1.807, 2.05) is 0 Å². The van der Waals surface area contributed by atoms with Crippen molar-refractivity contribution in [3.05, 3.63) is 12.3 Å². The lowest BCUT2D eigenvalue weighted by Crippen LogP contribution is -2.53. The molecule has 2 heterocycles. The molecule has 1 fully saturated rings. The Bertz CT molecular complexity index is 556. The van der Waals surface area contributed by atoms with Gasteiger partial charge < -0.3 is 10.5 Å². The third kappa shape index (κ3) is 3.92. The number of rotatable bonds is 7. The van der Waals surface area contributed by atoms with E-state index in [1.165, 1.54) is 0 Å². The first-order valence-corrected chi connectivity index (χ1v) is 8.90. The molecule has 0 aromatic heterocycles. The predicted molar refractivity (Wildman–Crippen MR) is 93.1 cm³/mol. The molecule has 1 saturated heterocycles. The molecule has 134 valence electrons. The number of ketones is 1. The molecular formula is C18H30N3O3+. The molecule has 4 unspecified atom stereocenters. The van der Waals surface area contributed by atoms with Crippen LogP contribution >= 0.6 is 0 Å². The number of aliphatic imine (C=N–C) groups is 1. The zero-order valence-corrected chi connectivity index (χ0v) is 15.2. The molecular weight excluding hydrogens is 306 g/mol. The summed E-state index contributed by atoms with van der Waals surface area (Å²) in [4.78, 5) is 28.4. The number of amides is 2. The van der Waals surface area contributed by atoms with Gasteiger partial charge in [-0.2, -0.15) is 4.48 Å². The van der Waals surface area contributed by atoms with Crippen LogP contribution in [0.2, 0.25) is 0 Å². The maximum Gasteiger partial charge on any atom is 0.451 e. The van der Waals surface area contributed by atoms with E-state index in [0.717, 1.165) is 25.7 Å². The molecule has 0 saturated carbocycles. The quantitative estimate of drug-likeness (QED) is 0.725. The second-order valence-corrected chi connectivity index (χ2v) is 7.34.